The molecule has 0 bridgehead atoms. The van der Waals surface area contributed by atoms with Crippen LogP contribution >= 0.6 is 27.3 Å². The summed E-state index contributed by atoms with van der Waals surface area (Å²) in [6, 6.07) is 0. The van der Waals surface area contributed by atoms with Gasteiger partial charge in [0.05, 0.1) is 5.92 Å². The normalized spacial score (nSPS) is 26.0. The van der Waals surface area contributed by atoms with E-state index in [0.29, 0.717) is 0 Å². The van der Waals surface area contributed by atoms with Crippen LogP contribution < -0.4 is 0 Å². The maximum atomic E-state index is 10.7. The van der Waals surface area contributed by atoms with Gasteiger partial charge in [-0.3, -0.25) is 4.79 Å². The lowest BCUT2D eigenvalue weighted by Gasteiger charge is -1.94. The Labute approximate surface area is 88.7 Å². The summed E-state index contributed by atoms with van der Waals surface area (Å²) in [6.07, 6.45) is 0.799. The number of aliphatic carboxylic acids is 1. The smallest absolute Gasteiger partial charge is 0.307 e. The standard InChI is InChI=1S/C9H9BrO2S/c1-4-3-13-8(7(4)10)5-2-6(5)9(11)12/h3,5-6H,2H2,1H3,(H,11,12)/t5-,6-/m1/s1. The van der Waals surface area contributed by atoms with Gasteiger partial charge in [0.25, 0.3) is 0 Å². The molecule has 1 saturated carbocycles. The summed E-state index contributed by atoms with van der Waals surface area (Å²) in [7, 11) is 0. The van der Waals surface area contributed by atoms with E-state index in [-0.39, 0.29) is 11.8 Å². The van der Waals surface area contributed by atoms with Crippen molar-refractivity contribution in [1.29, 1.82) is 0 Å². The molecule has 2 nitrogen and oxygen atoms in total. The second-order valence-corrected chi connectivity index (χ2v) is 5.09. The fraction of sp³-hybridized carbons (Fsp3) is 0.444. The second-order valence-electron chi connectivity index (χ2n) is 3.38. The molecule has 1 aromatic rings. The molecule has 4 heteroatoms. The van der Waals surface area contributed by atoms with E-state index in [1.165, 1.54) is 10.4 Å². The molecule has 0 unspecified atom stereocenters. The number of carbonyl (C=O) groups is 1. The summed E-state index contributed by atoms with van der Waals surface area (Å²) in [5.74, 6) is -0.553. The highest BCUT2D eigenvalue weighted by Gasteiger charge is 2.45. The molecule has 0 amide bonds. The molecule has 0 aliphatic heterocycles. The highest BCUT2D eigenvalue weighted by molar-refractivity contribution is 9.10. The van der Waals surface area contributed by atoms with Gasteiger partial charge in [-0.15, -0.1) is 11.3 Å². The number of hydrogen-bond acceptors (Lipinski definition) is 2. The Balaban J connectivity index is 2.20. The van der Waals surface area contributed by atoms with Crippen molar-refractivity contribution in [2.24, 2.45) is 5.92 Å². The first-order chi connectivity index (χ1) is 6.11. The molecular weight excluding hydrogens is 252 g/mol. The topological polar surface area (TPSA) is 37.3 Å². The summed E-state index contributed by atoms with van der Waals surface area (Å²) in [6.45, 7) is 2.03. The quantitative estimate of drug-likeness (QED) is 0.888. The van der Waals surface area contributed by atoms with Gasteiger partial charge in [-0.2, -0.15) is 0 Å². The number of halogens is 1. The van der Waals surface area contributed by atoms with Gasteiger partial charge in [-0.05, 0) is 40.2 Å². The summed E-state index contributed by atoms with van der Waals surface area (Å²) in [4.78, 5) is 11.9. The molecule has 1 aliphatic carbocycles. The van der Waals surface area contributed by atoms with Crippen LogP contribution in [-0.2, 0) is 4.79 Å². The number of carboxylic acids is 1. The molecule has 13 heavy (non-hydrogen) atoms. The van der Waals surface area contributed by atoms with Gasteiger partial charge in [0.1, 0.15) is 0 Å². The van der Waals surface area contributed by atoms with Gasteiger partial charge in [0, 0.05) is 15.3 Å². The predicted octanol–water partition coefficient (Wildman–Crippen LogP) is 3.01. The minimum absolute atomic E-state index is 0.144. The van der Waals surface area contributed by atoms with Crippen LogP contribution in [0.3, 0.4) is 0 Å². The Kier molecular flexibility index (Phi) is 2.20. The SMILES string of the molecule is Cc1csc([C@@H]2C[C@H]2C(=O)O)c1Br. The van der Waals surface area contributed by atoms with Gasteiger partial charge in [-0.1, -0.05) is 0 Å². The molecule has 1 heterocycles. The van der Waals surface area contributed by atoms with Gasteiger partial charge in [0.15, 0.2) is 0 Å². The van der Waals surface area contributed by atoms with Gasteiger partial charge in [-0.25, -0.2) is 0 Å². The fourth-order valence-electron chi connectivity index (χ4n) is 1.46. The molecule has 70 valence electrons. The zero-order valence-electron chi connectivity index (χ0n) is 7.08. The van der Waals surface area contributed by atoms with Crippen LogP contribution in [-0.4, -0.2) is 11.1 Å². The molecule has 2 rings (SSSR count). The average molecular weight is 261 g/mol. The van der Waals surface area contributed by atoms with Crippen LogP contribution in [0, 0.1) is 12.8 Å². The third-order valence-corrected chi connectivity index (χ3v) is 4.92. The van der Waals surface area contributed by atoms with Crippen molar-refractivity contribution < 1.29 is 9.90 Å². The van der Waals surface area contributed by atoms with Crippen LogP contribution in [0.5, 0.6) is 0 Å². The van der Waals surface area contributed by atoms with E-state index in [2.05, 4.69) is 21.3 Å². The zero-order chi connectivity index (χ0) is 9.59. The van der Waals surface area contributed by atoms with Gasteiger partial charge in [0.2, 0.25) is 0 Å². The first kappa shape index (κ1) is 9.21. The third-order valence-electron chi connectivity index (χ3n) is 2.37. The van der Waals surface area contributed by atoms with E-state index in [1.54, 1.807) is 11.3 Å². The molecule has 0 radical (unpaired) electrons. The highest BCUT2D eigenvalue weighted by Crippen LogP contribution is 2.52. The molecule has 1 aliphatic rings. The molecule has 2 atom stereocenters. The number of rotatable bonds is 2. The van der Waals surface area contributed by atoms with Gasteiger partial charge < -0.3 is 5.11 Å². The minimum atomic E-state index is -0.664. The van der Waals surface area contributed by atoms with E-state index >= 15 is 0 Å². The van der Waals surface area contributed by atoms with Crippen molar-refractivity contribution in [2.75, 3.05) is 0 Å². The Morgan fingerprint density at radius 1 is 1.77 bits per heavy atom. The highest BCUT2D eigenvalue weighted by atomic mass is 79.9. The lowest BCUT2D eigenvalue weighted by Crippen LogP contribution is -1.98. The molecule has 1 N–H and O–H groups in total. The van der Waals surface area contributed by atoms with E-state index in [1.807, 2.05) is 6.92 Å². The molecule has 0 aromatic carbocycles. The largest absolute Gasteiger partial charge is 0.481 e. The maximum absolute atomic E-state index is 10.7. The summed E-state index contributed by atoms with van der Waals surface area (Å²) < 4.78 is 1.10. The lowest BCUT2D eigenvalue weighted by molar-refractivity contribution is -0.138. The third kappa shape index (κ3) is 1.53. The average Bonchev–Trinajstić information content (AvgIpc) is 2.78. The van der Waals surface area contributed by atoms with Crippen LogP contribution in [0.15, 0.2) is 9.85 Å². The van der Waals surface area contributed by atoms with Crippen molar-refractivity contribution in [3.05, 3.63) is 20.3 Å². The van der Waals surface area contributed by atoms with Crippen LogP contribution in [0.1, 0.15) is 22.8 Å². The summed E-state index contributed by atoms with van der Waals surface area (Å²) in [5.41, 5.74) is 1.20. The van der Waals surface area contributed by atoms with Crippen LogP contribution in [0.4, 0.5) is 0 Å². The number of carboxylic acid groups (broad SMARTS) is 1. The van der Waals surface area contributed by atoms with Crippen molar-refractivity contribution >= 4 is 33.2 Å². The van der Waals surface area contributed by atoms with E-state index in [9.17, 15) is 4.79 Å². The number of hydrogen-bond donors (Lipinski definition) is 1. The van der Waals surface area contributed by atoms with Crippen molar-refractivity contribution in [3.8, 4) is 0 Å². The lowest BCUT2D eigenvalue weighted by atomic mass is 10.2. The monoisotopic (exact) mass is 260 g/mol. The van der Waals surface area contributed by atoms with Crippen LogP contribution in [0.25, 0.3) is 0 Å². The molecule has 1 fully saturated rings. The van der Waals surface area contributed by atoms with Crippen molar-refractivity contribution in [1.82, 2.24) is 0 Å². The van der Waals surface area contributed by atoms with Crippen molar-refractivity contribution in [2.45, 2.75) is 19.3 Å². The molecular formula is C9H9BrO2S. The Morgan fingerprint density at radius 3 is 2.85 bits per heavy atom. The molecule has 1 aromatic heterocycles. The van der Waals surface area contributed by atoms with E-state index in [4.69, 9.17) is 5.11 Å². The number of aryl methyl sites for hydroxylation is 1. The van der Waals surface area contributed by atoms with E-state index < -0.39 is 5.97 Å². The van der Waals surface area contributed by atoms with Gasteiger partial charge >= 0.3 is 5.97 Å². The minimum Gasteiger partial charge on any atom is -0.481 e. The fourth-order valence-corrected chi connectivity index (χ4v) is 3.42. The first-order valence-corrected chi connectivity index (χ1v) is 5.75. The summed E-state index contributed by atoms with van der Waals surface area (Å²) >= 11 is 5.14. The molecule has 0 spiro atoms. The van der Waals surface area contributed by atoms with Crippen LogP contribution in [0.2, 0.25) is 0 Å². The van der Waals surface area contributed by atoms with E-state index in [0.717, 1.165) is 10.9 Å². The summed E-state index contributed by atoms with van der Waals surface area (Å²) in [5, 5.41) is 10.8. The Bertz CT molecular complexity index is 358. The van der Waals surface area contributed by atoms with Crippen molar-refractivity contribution in [3.63, 3.8) is 0 Å². The first-order valence-electron chi connectivity index (χ1n) is 4.07. The second kappa shape index (κ2) is 3.10. The zero-order valence-corrected chi connectivity index (χ0v) is 9.48. The Hall–Kier alpha value is -0.350. The predicted molar refractivity (Wildman–Crippen MR) is 55.2 cm³/mol. The molecule has 0 saturated heterocycles. The Morgan fingerprint density at radius 2 is 2.46 bits per heavy atom. The number of thiophene rings is 1. The maximum Gasteiger partial charge on any atom is 0.307 e.